The van der Waals surface area contributed by atoms with Crippen LogP contribution in [-0.2, 0) is 17.9 Å². The van der Waals surface area contributed by atoms with Gasteiger partial charge in [0.2, 0.25) is 5.91 Å². The topological polar surface area (TPSA) is 98.1 Å². The first kappa shape index (κ1) is 23.8. The molecular weight excluding hydrogens is 426 g/mol. The number of carbonyl (C=O) groups excluding carboxylic acids is 2. The number of aromatic nitrogens is 3. The van der Waals surface area contributed by atoms with Gasteiger partial charge in [0.25, 0.3) is 5.91 Å². The maximum Gasteiger partial charge on any atom is 0.251 e. The van der Waals surface area contributed by atoms with E-state index in [2.05, 4.69) is 34.3 Å². The van der Waals surface area contributed by atoms with E-state index in [1.807, 2.05) is 4.57 Å². The molecule has 1 fully saturated rings. The standard InChI is InChI=1S/C23H31N5O3S/c1-4-13-28-20(14-24-22(30)17-9-11-18(31-3)12-10-17)26-27-23(28)32-15-21(29)25-19-8-6-5-7-16(19)2/h4,9-12,16,19H,1,5-8,13-15H2,2-3H3,(H,24,30)(H,25,29)/t16-,19+/m1/s1. The lowest BCUT2D eigenvalue weighted by Gasteiger charge is -2.29. The molecule has 1 aromatic heterocycles. The molecule has 1 aliphatic carbocycles. The maximum absolute atomic E-state index is 12.4. The van der Waals surface area contributed by atoms with E-state index in [4.69, 9.17) is 4.74 Å². The number of thioether (sulfide) groups is 1. The van der Waals surface area contributed by atoms with E-state index >= 15 is 0 Å². The Morgan fingerprint density at radius 1 is 1.25 bits per heavy atom. The summed E-state index contributed by atoms with van der Waals surface area (Å²) in [5.41, 5.74) is 0.531. The number of nitrogens with zero attached hydrogens (tertiary/aromatic N) is 3. The van der Waals surface area contributed by atoms with Crippen LogP contribution in [-0.4, -0.2) is 45.5 Å². The van der Waals surface area contributed by atoms with Gasteiger partial charge in [-0.15, -0.1) is 16.8 Å². The third-order valence-corrected chi connectivity index (χ3v) is 6.62. The highest BCUT2D eigenvalue weighted by atomic mass is 32.2. The highest BCUT2D eigenvalue weighted by molar-refractivity contribution is 7.99. The van der Waals surface area contributed by atoms with Gasteiger partial charge in [-0.05, 0) is 43.0 Å². The third kappa shape index (κ3) is 6.35. The molecule has 0 bridgehead atoms. The highest BCUT2D eigenvalue weighted by Crippen LogP contribution is 2.24. The minimum absolute atomic E-state index is 0.0104. The van der Waals surface area contributed by atoms with Gasteiger partial charge < -0.3 is 19.9 Å². The van der Waals surface area contributed by atoms with Gasteiger partial charge in [0.1, 0.15) is 5.75 Å². The van der Waals surface area contributed by atoms with E-state index in [1.54, 1.807) is 37.5 Å². The molecule has 1 heterocycles. The summed E-state index contributed by atoms with van der Waals surface area (Å²) in [6.45, 7) is 6.70. The van der Waals surface area contributed by atoms with Crippen molar-refractivity contribution in [3.63, 3.8) is 0 Å². The molecule has 2 amide bonds. The van der Waals surface area contributed by atoms with Crippen LogP contribution in [0.25, 0.3) is 0 Å². The van der Waals surface area contributed by atoms with Crippen molar-refractivity contribution in [1.82, 2.24) is 25.4 Å². The summed E-state index contributed by atoms with van der Waals surface area (Å²) in [7, 11) is 1.58. The molecule has 32 heavy (non-hydrogen) atoms. The fraction of sp³-hybridized carbons (Fsp3) is 0.478. The van der Waals surface area contributed by atoms with Crippen molar-refractivity contribution in [2.45, 2.75) is 56.9 Å². The van der Waals surface area contributed by atoms with Crippen LogP contribution in [0.4, 0.5) is 0 Å². The number of hydrogen-bond donors (Lipinski definition) is 2. The Labute approximate surface area is 193 Å². The first-order chi connectivity index (χ1) is 15.5. The third-order valence-electron chi connectivity index (χ3n) is 5.65. The first-order valence-electron chi connectivity index (χ1n) is 10.9. The molecule has 8 nitrogen and oxygen atoms in total. The van der Waals surface area contributed by atoms with Gasteiger partial charge in [-0.2, -0.15) is 0 Å². The Balaban J connectivity index is 1.56. The van der Waals surface area contributed by atoms with E-state index in [0.717, 1.165) is 12.8 Å². The Morgan fingerprint density at radius 3 is 2.69 bits per heavy atom. The number of rotatable bonds is 10. The molecule has 0 saturated heterocycles. The zero-order chi connectivity index (χ0) is 22.9. The Bertz CT molecular complexity index is 928. The molecule has 1 aliphatic rings. The van der Waals surface area contributed by atoms with E-state index in [9.17, 15) is 9.59 Å². The predicted molar refractivity (Wildman–Crippen MR) is 125 cm³/mol. The normalized spacial score (nSPS) is 18.1. The second-order valence-corrected chi connectivity index (χ2v) is 8.88. The first-order valence-corrected chi connectivity index (χ1v) is 11.9. The van der Waals surface area contributed by atoms with Crippen molar-refractivity contribution in [2.24, 2.45) is 5.92 Å². The van der Waals surface area contributed by atoms with Crippen LogP contribution < -0.4 is 15.4 Å². The molecule has 172 valence electrons. The van der Waals surface area contributed by atoms with Crippen LogP contribution in [0.3, 0.4) is 0 Å². The summed E-state index contributed by atoms with van der Waals surface area (Å²) >= 11 is 1.34. The fourth-order valence-corrected chi connectivity index (χ4v) is 4.56. The van der Waals surface area contributed by atoms with Crippen LogP contribution in [0.15, 0.2) is 42.1 Å². The number of methoxy groups -OCH3 is 1. The van der Waals surface area contributed by atoms with E-state index < -0.39 is 0 Å². The highest BCUT2D eigenvalue weighted by Gasteiger charge is 2.23. The number of amides is 2. The van der Waals surface area contributed by atoms with Gasteiger partial charge in [-0.1, -0.05) is 37.6 Å². The van der Waals surface area contributed by atoms with Crippen molar-refractivity contribution in [1.29, 1.82) is 0 Å². The SMILES string of the molecule is C=CCn1c(CNC(=O)c2ccc(OC)cc2)nnc1SCC(=O)N[C@H]1CCCC[C@H]1C. The van der Waals surface area contributed by atoms with Gasteiger partial charge in [0, 0.05) is 18.2 Å². The van der Waals surface area contributed by atoms with Crippen LogP contribution in [0, 0.1) is 5.92 Å². The van der Waals surface area contributed by atoms with E-state index in [1.165, 1.54) is 24.6 Å². The van der Waals surface area contributed by atoms with Gasteiger partial charge >= 0.3 is 0 Å². The number of hydrogen-bond acceptors (Lipinski definition) is 6. The fourth-order valence-electron chi connectivity index (χ4n) is 3.78. The predicted octanol–water partition coefficient (Wildman–Crippen LogP) is 3.19. The molecule has 2 N–H and O–H groups in total. The lowest BCUT2D eigenvalue weighted by Crippen LogP contribution is -2.41. The van der Waals surface area contributed by atoms with Crippen molar-refractivity contribution < 1.29 is 14.3 Å². The Hall–Kier alpha value is -2.81. The molecule has 0 unspecified atom stereocenters. The molecule has 2 atom stereocenters. The van der Waals surface area contributed by atoms with Gasteiger partial charge in [-0.25, -0.2) is 0 Å². The average Bonchev–Trinajstić information content (AvgIpc) is 3.19. The lowest BCUT2D eigenvalue weighted by molar-refractivity contribution is -0.119. The van der Waals surface area contributed by atoms with Crippen molar-refractivity contribution >= 4 is 23.6 Å². The number of allylic oxidation sites excluding steroid dienone is 1. The number of ether oxygens (including phenoxy) is 1. The smallest absolute Gasteiger partial charge is 0.251 e. The van der Waals surface area contributed by atoms with Crippen LogP contribution in [0.5, 0.6) is 5.75 Å². The molecule has 1 saturated carbocycles. The summed E-state index contributed by atoms with van der Waals surface area (Å²) in [4.78, 5) is 24.9. The zero-order valence-electron chi connectivity index (χ0n) is 18.7. The maximum atomic E-state index is 12.4. The zero-order valence-corrected chi connectivity index (χ0v) is 19.5. The monoisotopic (exact) mass is 457 g/mol. The van der Waals surface area contributed by atoms with Crippen LogP contribution in [0.1, 0.15) is 48.8 Å². The Morgan fingerprint density at radius 2 is 2.00 bits per heavy atom. The van der Waals surface area contributed by atoms with Crippen molar-refractivity contribution in [3.05, 3.63) is 48.3 Å². The van der Waals surface area contributed by atoms with Crippen molar-refractivity contribution in [2.75, 3.05) is 12.9 Å². The van der Waals surface area contributed by atoms with Crippen LogP contribution >= 0.6 is 11.8 Å². The average molecular weight is 458 g/mol. The minimum Gasteiger partial charge on any atom is -0.497 e. The number of benzene rings is 1. The van der Waals surface area contributed by atoms with E-state index in [-0.39, 0.29) is 30.2 Å². The number of carbonyl (C=O) groups is 2. The summed E-state index contributed by atoms with van der Waals surface area (Å²) in [5, 5.41) is 15.1. The summed E-state index contributed by atoms with van der Waals surface area (Å²) in [5.74, 6) is 1.89. The van der Waals surface area contributed by atoms with Crippen molar-refractivity contribution in [3.8, 4) is 5.75 Å². The molecule has 1 aromatic carbocycles. The number of nitrogens with one attached hydrogen (secondary N) is 2. The van der Waals surface area contributed by atoms with E-state index in [0.29, 0.717) is 34.8 Å². The van der Waals surface area contributed by atoms with Gasteiger partial charge in [0.15, 0.2) is 11.0 Å². The minimum atomic E-state index is -0.212. The molecule has 2 aromatic rings. The lowest BCUT2D eigenvalue weighted by atomic mass is 9.86. The molecule has 0 radical (unpaired) electrons. The second kappa shape index (κ2) is 11.7. The molecular formula is C23H31N5O3S. The summed E-state index contributed by atoms with van der Waals surface area (Å²) < 4.78 is 6.98. The molecule has 0 spiro atoms. The molecule has 0 aliphatic heterocycles. The summed E-state index contributed by atoms with van der Waals surface area (Å²) in [6.07, 6.45) is 6.36. The van der Waals surface area contributed by atoms with Gasteiger partial charge in [0.05, 0.1) is 19.4 Å². The summed E-state index contributed by atoms with van der Waals surface area (Å²) in [6, 6.07) is 7.14. The van der Waals surface area contributed by atoms with Crippen LogP contribution in [0.2, 0.25) is 0 Å². The van der Waals surface area contributed by atoms with Gasteiger partial charge in [-0.3, -0.25) is 9.59 Å². The second-order valence-electron chi connectivity index (χ2n) is 7.93. The molecule has 9 heteroatoms. The largest absolute Gasteiger partial charge is 0.497 e. The molecule has 3 rings (SSSR count). The quantitative estimate of drug-likeness (QED) is 0.420. The Kier molecular flexibility index (Phi) is 8.72.